The SMILES string of the molecule is Nc1cnc(N)c(-c2nccc3c(Cl)cccc23)c1. The van der Waals surface area contributed by atoms with Crippen molar-refractivity contribution in [3.05, 3.63) is 47.7 Å². The highest BCUT2D eigenvalue weighted by molar-refractivity contribution is 6.35. The maximum atomic E-state index is 6.19. The van der Waals surface area contributed by atoms with Gasteiger partial charge in [-0.15, -0.1) is 0 Å². The lowest BCUT2D eigenvalue weighted by molar-refractivity contribution is 1.30. The molecule has 3 rings (SSSR count). The number of nitrogen functional groups attached to an aromatic ring is 2. The van der Waals surface area contributed by atoms with Crippen LogP contribution in [-0.4, -0.2) is 9.97 Å². The van der Waals surface area contributed by atoms with Gasteiger partial charge in [-0.3, -0.25) is 4.98 Å². The molecule has 0 radical (unpaired) electrons. The number of hydrogen-bond acceptors (Lipinski definition) is 4. The van der Waals surface area contributed by atoms with E-state index in [1.807, 2.05) is 24.3 Å². The fraction of sp³-hybridized carbons (Fsp3) is 0. The molecule has 0 unspecified atom stereocenters. The zero-order valence-electron chi connectivity index (χ0n) is 9.97. The van der Waals surface area contributed by atoms with Gasteiger partial charge in [0.05, 0.1) is 17.6 Å². The van der Waals surface area contributed by atoms with Crippen molar-refractivity contribution in [2.75, 3.05) is 11.5 Å². The maximum Gasteiger partial charge on any atom is 0.132 e. The fourth-order valence-corrected chi connectivity index (χ4v) is 2.30. The molecule has 0 aliphatic carbocycles. The van der Waals surface area contributed by atoms with E-state index in [0.717, 1.165) is 16.5 Å². The van der Waals surface area contributed by atoms with Crippen molar-refractivity contribution in [3.63, 3.8) is 0 Å². The van der Waals surface area contributed by atoms with Crippen LogP contribution in [0.15, 0.2) is 42.7 Å². The summed E-state index contributed by atoms with van der Waals surface area (Å²) in [5.41, 5.74) is 13.7. The molecule has 1 aromatic carbocycles. The van der Waals surface area contributed by atoms with Crippen LogP contribution in [-0.2, 0) is 0 Å². The van der Waals surface area contributed by atoms with Crippen LogP contribution in [0, 0.1) is 0 Å². The minimum atomic E-state index is 0.397. The molecule has 0 saturated heterocycles. The highest BCUT2D eigenvalue weighted by atomic mass is 35.5. The summed E-state index contributed by atoms with van der Waals surface area (Å²) in [5, 5.41) is 2.53. The predicted molar refractivity (Wildman–Crippen MR) is 78.8 cm³/mol. The molecule has 0 amide bonds. The number of pyridine rings is 2. The van der Waals surface area contributed by atoms with Gasteiger partial charge in [0.25, 0.3) is 0 Å². The van der Waals surface area contributed by atoms with Gasteiger partial charge >= 0.3 is 0 Å². The third-order valence-electron chi connectivity index (χ3n) is 2.95. The van der Waals surface area contributed by atoms with Crippen molar-refractivity contribution in [2.45, 2.75) is 0 Å². The number of fused-ring (bicyclic) bond motifs is 1. The van der Waals surface area contributed by atoms with Gasteiger partial charge in [-0.1, -0.05) is 23.7 Å². The molecule has 2 heterocycles. The van der Waals surface area contributed by atoms with Crippen LogP contribution in [0.2, 0.25) is 5.02 Å². The molecule has 0 bridgehead atoms. The molecule has 2 aromatic heterocycles. The van der Waals surface area contributed by atoms with Gasteiger partial charge in [0.15, 0.2) is 0 Å². The monoisotopic (exact) mass is 270 g/mol. The summed E-state index contributed by atoms with van der Waals surface area (Å²) in [4.78, 5) is 8.45. The second kappa shape index (κ2) is 4.40. The largest absolute Gasteiger partial charge is 0.397 e. The second-order valence-electron chi connectivity index (χ2n) is 4.20. The molecular formula is C14H11ClN4. The standard InChI is InChI=1S/C14H11ClN4/c15-12-3-1-2-10-9(12)4-5-18-13(10)11-6-8(16)7-19-14(11)17/h1-7H,16H2,(H2,17,19). The van der Waals surface area contributed by atoms with E-state index in [9.17, 15) is 0 Å². The van der Waals surface area contributed by atoms with Gasteiger partial charge in [0, 0.05) is 27.6 Å². The van der Waals surface area contributed by atoms with E-state index in [0.29, 0.717) is 22.1 Å². The highest BCUT2D eigenvalue weighted by Gasteiger charge is 2.11. The van der Waals surface area contributed by atoms with Crippen LogP contribution < -0.4 is 11.5 Å². The first kappa shape index (κ1) is 11.7. The van der Waals surface area contributed by atoms with E-state index >= 15 is 0 Å². The molecule has 4 nitrogen and oxygen atoms in total. The van der Waals surface area contributed by atoms with Crippen molar-refractivity contribution < 1.29 is 0 Å². The van der Waals surface area contributed by atoms with Gasteiger partial charge in [-0.25, -0.2) is 4.98 Å². The zero-order chi connectivity index (χ0) is 13.4. The maximum absolute atomic E-state index is 6.19. The molecule has 94 valence electrons. The third kappa shape index (κ3) is 1.96. The molecule has 3 aromatic rings. The van der Waals surface area contributed by atoms with Gasteiger partial charge in [0.1, 0.15) is 5.82 Å². The number of aromatic nitrogens is 2. The Hall–Kier alpha value is -2.33. The summed E-state index contributed by atoms with van der Waals surface area (Å²) in [6.45, 7) is 0. The zero-order valence-corrected chi connectivity index (χ0v) is 10.7. The molecule has 19 heavy (non-hydrogen) atoms. The number of hydrogen-bond donors (Lipinski definition) is 2. The van der Waals surface area contributed by atoms with Crippen molar-refractivity contribution in [2.24, 2.45) is 0 Å². The lowest BCUT2D eigenvalue weighted by Crippen LogP contribution is -1.98. The lowest BCUT2D eigenvalue weighted by atomic mass is 10.0. The second-order valence-corrected chi connectivity index (χ2v) is 4.60. The van der Waals surface area contributed by atoms with Crippen molar-refractivity contribution >= 4 is 33.9 Å². The van der Waals surface area contributed by atoms with Gasteiger partial charge in [0.2, 0.25) is 0 Å². The van der Waals surface area contributed by atoms with Crippen molar-refractivity contribution in [1.29, 1.82) is 0 Å². The first-order valence-electron chi connectivity index (χ1n) is 5.71. The Morgan fingerprint density at radius 2 is 1.84 bits per heavy atom. The minimum Gasteiger partial charge on any atom is -0.397 e. The quantitative estimate of drug-likeness (QED) is 0.712. The molecule has 0 aliphatic heterocycles. The lowest BCUT2D eigenvalue weighted by Gasteiger charge is -2.09. The summed E-state index contributed by atoms with van der Waals surface area (Å²) < 4.78 is 0. The Kier molecular flexibility index (Phi) is 2.72. The Balaban J connectivity index is 2.37. The topological polar surface area (TPSA) is 77.8 Å². The van der Waals surface area contributed by atoms with E-state index in [2.05, 4.69) is 9.97 Å². The van der Waals surface area contributed by atoms with Gasteiger partial charge in [-0.2, -0.15) is 0 Å². The molecule has 0 atom stereocenters. The number of rotatable bonds is 1. The van der Waals surface area contributed by atoms with Crippen LogP contribution >= 0.6 is 11.6 Å². The van der Waals surface area contributed by atoms with E-state index in [4.69, 9.17) is 23.1 Å². The average molecular weight is 271 g/mol. The number of nitrogens with zero attached hydrogens (tertiary/aromatic N) is 2. The van der Waals surface area contributed by atoms with Gasteiger partial charge in [-0.05, 0) is 18.2 Å². The first-order valence-corrected chi connectivity index (χ1v) is 6.09. The Morgan fingerprint density at radius 3 is 2.68 bits per heavy atom. The first-order chi connectivity index (χ1) is 9.16. The van der Waals surface area contributed by atoms with Crippen LogP contribution in [0.5, 0.6) is 0 Å². The smallest absolute Gasteiger partial charge is 0.132 e. The summed E-state index contributed by atoms with van der Waals surface area (Å²) in [7, 11) is 0. The minimum absolute atomic E-state index is 0.397. The van der Waals surface area contributed by atoms with E-state index in [-0.39, 0.29) is 0 Å². The van der Waals surface area contributed by atoms with Crippen LogP contribution in [0.3, 0.4) is 0 Å². The summed E-state index contributed by atoms with van der Waals surface area (Å²) >= 11 is 6.19. The van der Waals surface area contributed by atoms with E-state index < -0.39 is 0 Å². The number of anilines is 2. The number of halogens is 1. The van der Waals surface area contributed by atoms with Crippen LogP contribution in [0.25, 0.3) is 22.0 Å². The Morgan fingerprint density at radius 1 is 1.00 bits per heavy atom. The van der Waals surface area contributed by atoms with Gasteiger partial charge < -0.3 is 11.5 Å². The van der Waals surface area contributed by atoms with Crippen molar-refractivity contribution in [1.82, 2.24) is 9.97 Å². The number of nitrogens with two attached hydrogens (primary N) is 2. The predicted octanol–water partition coefficient (Wildman–Crippen LogP) is 3.11. The molecule has 0 aliphatic rings. The molecule has 0 fully saturated rings. The molecule has 0 spiro atoms. The normalized spacial score (nSPS) is 10.8. The summed E-state index contributed by atoms with van der Waals surface area (Å²) in [5.74, 6) is 0.397. The summed E-state index contributed by atoms with van der Waals surface area (Å²) in [6, 6.07) is 9.31. The molecular weight excluding hydrogens is 260 g/mol. The van der Waals surface area contributed by atoms with E-state index in [1.54, 1.807) is 12.3 Å². The molecule has 5 heteroatoms. The van der Waals surface area contributed by atoms with Crippen molar-refractivity contribution in [3.8, 4) is 11.3 Å². The Labute approximate surface area is 115 Å². The summed E-state index contributed by atoms with van der Waals surface area (Å²) in [6.07, 6.45) is 3.23. The van der Waals surface area contributed by atoms with Crippen LogP contribution in [0.4, 0.5) is 11.5 Å². The molecule has 4 N–H and O–H groups in total. The van der Waals surface area contributed by atoms with E-state index in [1.165, 1.54) is 6.20 Å². The Bertz CT molecular complexity index is 770. The highest BCUT2D eigenvalue weighted by Crippen LogP contribution is 2.33. The third-order valence-corrected chi connectivity index (χ3v) is 3.28. The fourth-order valence-electron chi connectivity index (χ4n) is 2.06. The average Bonchev–Trinajstić information content (AvgIpc) is 2.42. The number of benzene rings is 1. The molecule has 0 saturated carbocycles. The van der Waals surface area contributed by atoms with Crippen LogP contribution in [0.1, 0.15) is 0 Å².